The van der Waals surface area contributed by atoms with Crippen molar-refractivity contribution in [2.24, 2.45) is 0 Å². The highest BCUT2D eigenvalue weighted by Gasteiger charge is 2.31. The van der Waals surface area contributed by atoms with E-state index in [0.29, 0.717) is 0 Å². The standard InChI is InChI=1S/C13H15Cl2NO5/c1-7(11(17)16-6-13(2,20)12(18)19)21-9-5-3-4-8(14)10(9)15/h3-5,7,20H,6H2,1-2H3,(H,16,17)(H,18,19). The molecule has 2 unspecified atom stereocenters. The van der Waals surface area contributed by atoms with Gasteiger partial charge in [0.25, 0.3) is 5.91 Å². The van der Waals surface area contributed by atoms with Crippen LogP contribution < -0.4 is 10.1 Å². The maximum atomic E-state index is 11.8. The van der Waals surface area contributed by atoms with E-state index in [2.05, 4.69) is 5.32 Å². The van der Waals surface area contributed by atoms with Gasteiger partial charge in [-0.2, -0.15) is 0 Å². The number of halogens is 2. The predicted octanol–water partition coefficient (Wildman–Crippen LogP) is 1.71. The normalized spacial score (nSPS) is 14.9. The number of hydrogen-bond donors (Lipinski definition) is 3. The number of ether oxygens (including phenoxy) is 1. The predicted molar refractivity (Wildman–Crippen MR) is 77.8 cm³/mol. The van der Waals surface area contributed by atoms with Gasteiger partial charge in [-0.25, -0.2) is 4.79 Å². The Morgan fingerprint density at radius 3 is 2.62 bits per heavy atom. The van der Waals surface area contributed by atoms with Gasteiger partial charge in [0.05, 0.1) is 11.6 Å². The Hall–Kier alpha value is -1.50. The summed E-state index contributed by atoms with van der Waals surface area (Å²) in [4.78, 5) is 22.5. The molecule has 0 saturated carbocycles. The zero-order valence-corrected chi connectivity index (χ0v) is 12.9. The molecule has 0 spiro atoms. The molecule has 6 nitrogen and oxygen atoms in total. The number of carboxylic acids is 1. The molecule has 116 valence electrons. The first kappa shape index (κ1) is 17.6. The number of benzene rings is 1. The van der Waals surface area contributed by atoms with Crippen LogP contribution in [0.25, 0.3) is 0 Å². The molecule has 21 heavy (non-hydrogen) atoms. The third-order valence-corrected chi connectivity index (χ3v) is 3.46. The summed E-state index contributed by atoms with van der Waals surface area (Å²) in [6.45, 7) is 2.09. The largest absolute Gasteiger partial charge is 0.479 e. The topological polar surface area (TPSA) is 95.9 Å². The van der Waals surface area contributed by atoms with Crippen molar-refractivity contribution >= 4 is 35.1 Å². The summed E-state index contributed by atoms with van der Waals surface area (Å²) < 4.78 is 5.36. The number of carbonyl (C=O) groups excluding carboxylic acids is 1. The number of carbonyl (C=O) groups is 2. The van der Waals surface area contributed by atoms with Gasteiger partial charge >= 0.3 is 5.97 Å². The van der Waals surface area contributed by atoms with Crippen LogP contribution in [0.5, 0.6) is 5.75 Å². The molecule has 1 rings (SSSR count). The number of rotatable bonds is 6. The summed E-state index contributed by atoms with van der Waals surface area (Å²) in [6, 6.07) is 4.74. The molecule has 1 amide bonds. The monoisotopic (exact) mass is 335 g/mol. The Morgan fingerprint density at radius 2 is 2.05 bits per heavy atom. The number of amides is 1. The van der Waals surface area contributed by atoms with E-state index in [1.54, 1.807) is 18.2 Å². The van der Waals surface area contributed by atoms with E-state index in [1.165, 1.54) is 6.92 Å². The van der Waals surface area contributed by atoms with E-state index >= 15 is 0 Å². The number of aliphatic hydroxyl groups is 1. The first-order valence-corrected chi connectivity index (χ1v) is 6.75. The molecule has 0 heterocycles. The molecule has 0 aliphatic rings. The second-order valence-electron chi connectivity index (χ2n) is 4.61. The molecule has 0 aromatic heterocycles. The first-order valence-electron chi connectivity index (χ1n) is 5.99. The van der Waals surface area contributed by atoms with Gasteiger partial charge < -0.3 is 20.3 Å². The van der Waals surface area contributed by atoms with Crippen LogP contribution >= 0.6 is 23.2 Å². The second kappa shape index (κ2) is 6.98. The zero-order valence-electron chi connectivity index (χ0n) is 11.4. The minimum absolute atomic E-state index is 0.177. The van der Waals surface area contributed by atoms with Crippen LogP contribution in [-0.4, -0.2) is 40.3 Å². The molecule has 0 aliphatic carbocycles. The Balaban J connectivity index is 2.63. The van der Waals surface area contributed by atoms with E-state index in [4.69, 9.17) is 33.0 Å². The van der Waals surface area contributed by atoms with Gasteiger partial charge in [-0.3, -0.25) is 4.79 Å². The molecule has 0 radical (unpaired) electrons. The van der Waals surface area contributed by atoms with Gasteiger partial charge in [0.1, 0.15) is 10.8 Å². The van der Waals surface area contributed by atoms with Crippen molar-refractivity contribution in [1.82, 2.24) is 5.32 Å². The van der Waals surface area contributed by atoms with Crippen LogP contribution in [0.4, 0.5) is 0 Å². The first-order chi connectivity index (χ1) is 9.65. The Morgan fingerprint density at radius 1 is 1.43 bits per heavy atom. The van der Waals surface area contributed by atoms with Crippen molar-refractivity contribution in [2.45, 2.75) is 25.6 Å². The molecule has 1 aromatic rings. The van der Waals surface area contributed by atoms with Crippen LogP contribution in [-0.2, 0) is 9.59 Å². The van der Waals surface area contributed by atoms with E-state index < -0.39 is 30.1 Å². The molecule has 1 aromatic carbocycles. The summed E-state index contributed by atoms with van der Waals surface area (Å²) >= 11 is 11.7. The Labute approximate surface area is 131 Å². The SMILES string of the molecule is CC(Oc1cccc(Cl)c1Cl)C(=O)NCC(C)(O)C(=O)O. The second-order valence-corrected chi connectivity index (χ2v) is 5.39. The van der Waals surface area contributed by atoms with Gasteiger partial charge in [-0.1, -0.05) is 29.3 Å². The fraction of sp³-hybridized carbons (Fsp3) is 0.385. The molecule has 0 bridgehead atoms. The maximum Gasteiger partial charge on any atom is 0.337 e. The minimum atomic E-state index is -2.05. The third kappa shape index (κ3) is 4.77. The zero-order chi connectivity index (χ0) is 16.2. The third-order valence-electron chi connectivity index (χ3n) is 2.66. The van der Waals surface area contributed by atoms with Crippen molar-refractivity contribution in [3.8, 4) is 5.75 Å². The van der Waals surface area contributed by atoms with Crippen molar-refractivity contribution in [3.63, 3.8) is 0 Å². The summed E-state index contributed by atoms with van der Waals surface area (Å²) in [7, 11) is 0. The quantitative estimate of drug-likeness (QED) is 0.735. The molecule has 0 aliphatic heterocycles. The lowest BCUT2D eigenvalue weighted by Crippen LogP contribution is -2.49. The summed E-state index contributed by atoms with van der Waals surface area (Å²) in [5.74, 6) is -1.79. The summed E-state index contributed by atoms with van der Waals surface area (Å²) in [6.07, 6.45) is -0.939. The fourth-order valence-corrected chi connectivity index (χ4v) is 1.63. The highest BCUT2D eigenvalue weighted by Crippen LogP contribution is 2.32. The van der Waals surface area contributed by atoms with Gasteiger partial charge in [0.2, 0.25) is 0 Å². The van der Waals surface area contributed by atoms with Crippen LogP contribution in [0.1, 0.15) is 13.8 Å². The van der Waals surface area contributed by atoms with Crippen LogP contribution in [0.3, 0.4) is 0 Å². The highest BCUT2D eigenvalue weighted by molar-refractivity contribution is 6.42. The van der Waals surface area contributed by atoms with Crippen molar-refractivity contribution in [1.29, 1.82) is 0 Å². The van der Waals surface area contributed by atoms with Gasteiger partial charge in [-0.05, 0) is 26.0 Å². The average molecular weight is 336 g/mol. The number of aliphatic carboxylic acids is 1. The maximum absolute atomic E-state index is 11.8. The van der Waals surface area contributed by atoms with Gasteiger partial charge in [0, 0.05) is 0 Å². The van der Waals surface area contributed by atoms with Gasteiger partial charge in [0.15, 0.2) is 11.7 Å². The number of hydrogen-bond acceptors (Lipinski definition) is 4. The van der Waals surface area contributed by atoms with E-state index in [-0.39, 0.29) is 15.8 Å². The van der Waals surface area contributed by atoms with Crippen LogP contribution in [0.15, 0.2) is 18.2 Å². The summed E-state index contributed by atoms with van der Waals surface area (Å²) in [5.41, 5.74) is -2.05. The summed E-state index contributed by atoms with van der Waals surface area (Å²) in [5, 5.41) is 21.0. The van der Waals surface area contributed by atoms with E-state index in [0.717, 1.165) is 6.92 Å². The minimum Gasteiger partial charge on any atom is -0.479 e. The van der Waals surface area contributed by atoms with Crippen molar-refractivity contribution in [2.75, 3.05) is 6.54 Å². The lowest BCUT2D eigenvalue weighted by Gasteiger charge is -2.20. The molecule has 0 fully saturated rings. The van der Waals surface area contributed by atoms with Crippen molar-refractivity contribution < 1.29 is 24.5 Å². The Bertz CT molecular complexity index is 547. The number of carboxylic acid groups (broad SMARTS) is 1. The van der Waals surface area contributed by atoms with Gasteiger partial charge in [-0.15, -0.1) is 0 Å². The lowest BCUT2D eigenvalue weighted by atomic mass is 10.1. The van der Waals surface area contributed by atoms with Crippen LogP contribution in [0, 0.1) is 0 Å². The molecular formula is C13H15Cl2NO5. The fourth-order valence-electron chi connectivity index (χ4n) is 1.30. The smallest absolute Gasteiger partial charge is 0.337 e. The lowest BCUT2D eigenvalue weighted by molar-refractivity contribution is -0.156. The molecule has 8 heteroatoms. The molecular weight excluding hydrogens is 321 g/mol. The average Bonchev–Trinajstić information content (AvgIpc) is 2.41. The molecule has 3 N–H and O–H groups in total. The van der Waals surface area contributed by atoms with E-state index in [9.17, 15) is 14.7 Å². The number of nitrogens with one attached hydrogen (secondary N) is 1. The van der Waals surface area contributed by atoms with Crippen molar-refractivity contribution in [3.05, 3.63) is 28.2 Å². The molecule has 2 atom stereocenters. The molecule has 0 saturated heterocycles. The van der Waals surface area contributed by atoms with E-state index in [1.807, 2.05) is 0 Å². The highest BCUT2D eigenvalue weighted by atomic mass is 35.5. The Kier molecular flexibility index (Phi) is 5.83. The van der Waals surface area contributed by atoms with Crippen LogP contribution in [0.2, 0.25) is 10.0 Å².